The molecule has 0 radical (unpaired) electrons. The fourth-order valence-electron chi connectivity index (χ4n) is 2.66. The van der Waals surface area contributed by atoms with Crippen molar-refractivity contribution >= 4 is 10.0 Å². The van der Waals surface area contributed by atoms with Crippen LogP contribution < -0.4 is 10.3 Å². The molecule has 0 saturated carbocycles. The number of H-pyrrole nitrogens is 1. The van der Waals surface area contributed by atoms with Crippen LogP contribution in [-0.2, 0) is 10.0 Å². The van der Waals surface area contributed by atoms with Crippen molar-refractivity contribution in [1.82, 2.24) is 14.9 Å². The molecule has 0 spiro atoms. The van der Waals surface area contributed by atoms with Gasteiger partial charge in [-0.25, -0.2) is 18.2 Å². The van der Waals surface area contributed by atoms with E-state index < -0.39 is 10.0 Å². The fraction of sp³-hybridized carbons (Fsp3) is 0.158. The van der Waals surface area contributed by atoms with Crippen LogP contribution in [0.25, 0.3) is 11.3 Å². The van der Waals surface area contributed by atoms with Crippen molar-refractivity contribution < 1.29 is 8.42 Å². The fourth-order valence-corrected chi connectivity index (χ4v) is 4.16. The monoisotopic (exact) mass is 369 g/mol. The van der Waals surface area contributed by atoms with E-state index in [0.29, 0.717) is 16.8 Å². The molecule has 1 heterocycles. The molecule has 7 heteroatoms. The molecule has 6 nitrogen and oxygen atoms in total. The van der Waals surface area contributed by atoms with Crippen molar-refractivity contribution in [2.75, 3.05) is 0 Å². The van der Waals surface area contributed by atoms with Gasteiger partial charge in [0.15, 0.2) is 0 Å². The Morgan fingerprint density at radius 1 is 1.04 bits per heavy atom. The number of nitrogens with zero attached hydrogens (tertiary/aromatic N) is 1. The largest absolute Gasteiger partial charge is 0.268 e. The molecule has 0 aliphatic carbocycles. The third-order valence-corrected chi connectivity index (χ3v) is 5.77. The Hall–Kier alpha value is -2.77. The second-order valence-electron chi connectivity index (χ2n) is 6.04. The van der Waals surface area contributed by atoms with Crippen molar-refractivity contribution in [3.63, 3.8) is 0 Å². The van der Waals surface area contributed by atoms with Crippen LogP contribution in [0.1, 0.15) is 24.1 Å². The first-order valence-electron chi connectivity index (χ1n) is 8.11. The first-order chi connectivity index (χ1) is 12.4. The van der Waals surface area contributed by atoms with Crippen molar-refractivity contribution in [3.05, 3.63) is 82.1 Å². The van der Waals surface area contributed by atoms with Gasteiger partial charge in [-0.05, 0) is 37.1 Å². The van der Waals surface area contributed by atoms with Crippen LogP contribution in [0.15, 0.2) is 70.4 Å². The van der Waals surface area contributed by atoms with E-state index in [1.165, 1.54) is 6.07 Å². The summed E-state index contributed by atoms with van der Waals surface area (Å²) in [5.41, 5.74) is 2.31. The summed E-state index contributed by atoms with van der Waals surface area (Å²) in [4.78, 5) is 11.4. The van der Waals surface area contributed by atoms with Gasteiger partial charge in [-0.3, -0.25) is 4.79 Å². The Morgan fingerprint density at radius 3 is 2.42 bits per heavy atom. The maximum absolute atomic E-state index is 12.9. The van der Waals surface area contributed by atoms with E-state index in [1.54, 1.807) is 38.1 Å². The molecule has 0 unspecified atom stereocenters. The number of rotatable bonds is 5. The third kappa shape index (κ3) is 3.89. The van der Waals surface area contributed by atoms with E-state index in [2.05, 4.69) is 14.9 Å². The molecule has 0 fully saturated rings. The van der Waals surface area contributed by atoms with Crippen molar-refractivity contribution in [1.29, 1.82) is 0 Å². The van der Waals surface area contributed by atoms with Gasteiger partial charge in [-0.2, -0.15) is 5.10 Å². The first-order valence-corrected chi connectivity index (χ1v) is 9.59. The van der Waals surface area contributed by atoms with E-state index >= 15 is 0 Å². The summed E-state index contributed by atoms with van der Waals surface area (Å²) in [6, 6.07) is 17.0. The highest BCUT2D eigenvalue weighted by Gasteiger charge is 2.21. The molecular weight excluding hydrogens is 350 g/mol. The second kappa shape index (κ2) is 7.23. The molecule has 1 atom stereocenters. The van der Waals surface area contributed by atoms with Crippen LogP contribution in [0.2, 0.25) is 0 Å². The molecule has 2 N–H and O–H groups in total. The van der Waals surface area contributed by atoms with Crippen LogP contribution in [0.5, 0.6) is 0 Å². The topological polar surface area (TPSA) is 91.9 Å². The molecule has 2 aromatic carbocycles. The summed E-state index contributed by atoms with van der Waals surface area (Å²) in [6.45, 7) is 3.54. The Bertz CT molecular complexity index is 1060. The summed E-state index contributed by atoms with van der Waals surface area (Å²) >= 11 is 0. The number of sulfonamides is 1. The molecule has 3 rings (SSSR count). The quantitative estimate of drug-likeness (QED) is 0.723. The van der Waals surface area contributed by atoms with Crippen LogP contribution in [0.4, 0.5) is 0 Å². The molecule has 0 aliphatic heterocycles. The van der Waals surface area contributed by atoms with Crippen molar-refractivity contribution in [3.8, 4) is 11.3 Å². The number of aromatic amines is 1. The van der Waals surface area contributed by atoms with Gasteiger partial charge in [-0.15, -0.1) is 0 Å². The molecule has 0 bridgehead atoms. The Balaban J connectivity index is 1.95. The zero-order valence-electron chi connectivity index (χ0n) is 14.4. The molecule has 3 aromatic rings. The lowest BCUT2D eigenvalue weighted by Crippen LogP contribution is -2.27. The van der Waals surface area contributed by atoms with Gasteiger partial charge in [-0.1, -0.05) is 42.5 Å². The maximum atomic E-state index is 12.9. The number of benzene rings is 2. The molecule has 0 aliphatic rings. The SMILES string of the molecule is Cc1ccc(-c2ccc(=O)[nH]n2)cc1S(=O)(=O)N[C@@H](C)c1ccccc1. The lowest BCUT2D eigenvalue weighted by atomic mass is 10.1. The zero-order chi connectivity index (χ0) is 18.7. The van der Waals surface area contributed by atoms with Crippen LogP contribution in [0, 0.1) is 6.92 Å². The predicted octanol–water partition coefficient (Wildman–Crippen LogP) is 2.78. The lowest BCUT2D eigenvalue weighted by Gasteiger charge is -2.16. The number of nitrogens with one attached hydrogen (secondary N) is 2. The Kier molecular flexibility index (Phi) is 5.01. The lowest BCUT2D eigenvalue weighted by molar-refractivity contribution is 0.566. The van der Waals surface area contributed by atoms with Gasteiger partial charge in [0, 0.05) is 17.7 Å². The number of aromatic nitrogens is 2. The number of hydrogen-bond acceptors (Lipinski definition) is 4. The van der Waals surface area contributed by atoms with Gasteiger partial charge in [0.2, 0.25) is 10.0 Å². The third-order valence-electron chi connectivity index (χ3n) is 4.08. The normalized spacial score (nSPS) is 12.7. The van der Waals surface area contributed by atoms with E-state index in [-0.39, 0.29) is 16.5 Å². The standard InChI is InChI=1S/C19H19N3O3S/c1-13-8-9-16(17-10-11-19(23)21-20-17)12-18(13)26(24,25)22-14(2)15-6-4-3-5-7-15/h3-12,14,22H,1-2H3,(H,21,23)/t14-/m0/s1. The van der Waals surface area contributed by atoms with Crippen LogP contribution >= 0.6 is 0 Å². The van der Waals surface area contributed by atoms with Crippen LogP contribution in [0.3, 0.4) is 0 Å². The highest BCUT2D eigenvalue weighted by molar-refractivity contribution is 7.89. The van der Waals surface area contributed by atoms with Crippen LogP contribution in [-0.4, -0.2) is 18.6 Å². The summed E-state index contributed by atoms with van der Waals surface area (Å²) < 4.78 is 28.5. The van der Waals surface area contributed by atoms with E-state index in [1.807, 2.05) is 30.3 Å². The minimum absolute atomic E-state index is 0.186. The summed E-state index contributed by atoms with van der Waals surface area (Å²) in [5.74, 6) is 0. The average molecular weight is 369 g/mol. The highest BCUT2D eigenvalue weighted by atomic mass is 32.2. The predicted molar refractivity (Wildman–Crippen MR) is 100 cm³/mol. The summed E-state index contributed by atoms with van der Waals surface area (Å²) in [7, 11) is -3.73. The zero-order valence-corrected chi connectivity index (χ0v) is 15.2. The Morgan fingerprint density at radius 2 is 1.77 bits per heavy atom. The molecule has 0 amide bonds. The molecule has 1 aromatic heterocycles. The smallest absolute Gasteiger partial charge is 0.264 e. The van der Waals surface area contributed by atoms with Gasteiger partial charge in [0.05, 0.1) is 10.6 Å². The van der Waals surface area contributed by atoms with Gasteiger partial charge >= 0.3 is 0 Å². The first kappa shape index (κ1) is 18.0. The number of hydrogen-bond donors (Lipinski definition) is 2. The minimum Gasteiger partial charge on any atom is -0.268 e. The summed E-state index contributed by atoms with van der Waals surface area (Å²) in [5, 5.41) is 6.31. The van der Waals surface area contributed by atoms with E-state index in [4.69, 9.17) is 0 Å². The molecule has 0 saturated heterocycles. The van der Waals surface area contributed by atoms with E-state index in [0.717, 1.165) is 5.56 Å². The summed E-state index contributed by atoms with van der Waals surface area (Å²) in [6.07, 6.45) is 0. The van der Waals surface area contributed by atoms with Crippen molar-refractivity contribution in [2.24, 2.45) is 0 Å². The van der Waals surface area contributed by atoms with Gasteiger partial charge in [0.1, 0.15) is 0 Å². The number of aryl methyl sites for hydroxylation is 1. The molecule has 134 valence electrons. The molecular formula is C19H19N3O3S. The van der Waals surface area contributed by atoms with E-state index in [9.17, 15) is 13.2 Å². The second-order valence-corrected chi connectivity index (χ2v) is 7.72. The molecule has 26 heavy (non-hydrogen) atoms. The maximum Gasteiger partial charge on any atom is 0.264 e. The van der Waals surface area contributed by atoms with Gasteiger partial charge in [0.25, 0.3) is 5.56 Å². The Labute approximate surface area is 152 Å². The minimum atomic E-state index is -3.73. The van der Waals surface area contributed by atoms with Gasteiger partial charge < -0.3 is 0 Å². The highest BCUT2D eigenvalue weighted by Crippen LogP contribution is 2.24. The average Bonchev–Trinajstić information content (AvgIpc) is 2.63. The van der Waals surface area contributed by atoms with Crippen molar-refractivity contribution in [2.45, 2.75) is 24.8 Å².